The summed E-state index contributed by atoms with van der Waals surface area (Å²) >= 11 is 0. The molecule has 0 radical (unpaired) electrons. The van der Waals surface area contributed by atoms with Crippen LogP contribution in [0.4, 0.5) is 0 Å². The fraction of sp³-hybridized carbons (Fsp3) is 0.583. The largest absolute Gasteiger partial charge is 0.280 e. The maximum atomic E-state index is 12.1. The number of nitrogens with one attached hydrogen (secondary N) is 1. The summed E-state index contributed by atoms with van der Waals surface area (Å²) in [6.07, 6.45) is 3.57. The Kier molecular flexibility index (Phi) is 3.99. The minimum absolute atomic E-state index is 0.309. The highest BCUT2D eigenvalue weighted by molar-refractivity contribution is 7.87. The molecule has 1 saturated heterocycles. The van der Waals surface area contributed by atoms with Crippen molar-refractivity contribution < 1.29 is 8.42 Å². The monoisotopic (exact) mass is 269 g/mol. The summed E-state index contributed by atoms with van der Waals surface area (Å²) in [5.74, 6) is 0. The van der Waals surface area contributed by atoms with E-state index in [-0.39, 0.29) is 6.04 Å². The second kappa shape index (κ2) is 5.34. The zero-order chi connectivity index (χ0) is 13.2. The van der Waals surface area contributed by atoms with Gasteiger partial charge in [-0.1, -0.05) is 6.07 Å². The van der Waals surface area contributed by atoms with E-state index < -0.39 is 10.2 Å². The van der Waals surface area contributed by atoms with Crippen molar-refractivity contribution in [2.75, 3.05) is 13.1 Å². The topological polar surface area (TPSA) is 62.3 Å². The lowest BCUT2D eigenvalue weighted by Gasteiger charge is -2.20. The first kappa shape index (κ1) is 13.5. The predicted molar refractivity (Wildman–Crippen MR) is 70.3 cm³/mol. The summed E-state index contributed by atoms with van der Waals surface area (Å²) in [4.78, 5) is 4.24. The average Bonchev–Trinajstić information content (AvgIpc) is 2.82. The molecule has 0 amide bonds. The van der Waals surface area contributed by atoms with Gasteiger partial charge in [-0.2, -0.15) is 17.4 Å². The Morgan fingerprint density at radius 1 is 1.39 bits per heavy atom. The standard InChI is InChI=1S/C12H19N3O2S/c1-10-6-5-7-13-12(10)11(2)14-18(16,17)15-8-3-4-9-15/h5-7,11,14H,3-4,8-9H2,1-2H3/t11-/m1/s1. The van der Waals surface area contributed by atoms with Crippen LogP contribution in [0.25, 0.3) is 0 Å². The Bertz CT molecular complexity index is 510. The summed E-state index contributed by atoms with van der Waals surface area (Å²) in [5.41, 5.74) is 1.77. The van der Waals surface area contributed by atoms with Gasteiger partial charge in [0.25, 0.3) is 10.2 Å². The molecule has 1 aromatic heterocycles. The van der Waals surface area contributed by atoms with Crippen molar-refractivity contribution in [3.63, 3.8) is 0 Å². The molecule has 0 spiro atoms. The summed E-state index contributed by atoms with van der Waals surface area (Å²) in [6.45, 7) is 4.98. The van der Waals surface area contributed by atoms with Crippen LogP contribution in [0.1, 0.15) is 37.1 Å². The Morgan fingerprint density at radius 3 is 2.67 bits per heavy atom. The van der Waals surface area contributed by atoms with Gasteiger partial charge in [-0.25, -0.2) is 0 Å². The molecule has 0 aliphatic carbocycles. The molecule has 1 fully saturated rings. The molecular weight excluding hydrogens is 250 g/mol. The zero-order valence-corrected chi connectivity index (χ0v) is 11.6. The number of hydrogen-bond donors (Lipinski definition) is 1. The van der Waals surface area contributed by atoms with Crippen LogP contribution in [0.2, 0.25) is 0 Å². The fourth-order valence-electron chi connectivity index (χ4n) is 2.23. The molecule has 1 aliphatic rings. The van der Waals surface area contributed by atoms with Crippen molar-refractivity contribution in [3.8, 4) is 0 Å². The van der Waals surface area contributed by atoms with Crippen LogP contribution >= 0.6 is 0 Å². The first-order chi connectivity index (χ1) is 8.50. The Hall–Kier alpha value is -0.980. The predicted octanol–water partition coefficient (Wildman–Crippen LogP) is 1.38. The summed E-state index contributed by atoms with van der Waals surface area (Å²) in [5, 5.41) is 0. The molecular formula is C12H19N3O2S. The molecule has 0 saturated carbocycles. The lowest BCUT2D eigenvalue weighted by molar-refractivity contribution is 0.455. The fourth-order valence-corrected chi connectivity index (χ4v) is 3.68. The summed E-state index contributed by atoms with van der Waals surface area (Å²) < 4.78 is 28.4. The quantitative estimate of drug-likeness (QED) is 0.898. The molecule has 18 heavy (non-hydrogen) atoms. The number of aromatic nitrogens is 1. The SMILES string of the molecule is Cc1cccnc1[C@@H](C)NS(=O)(=O)N1CCCC1. The highest BCUT2D eigenvalue weighted by Crippen LogP contribution is 2.18. The lowest BCUT2D eigenvalue weighted by atomic mass is 10.1. The molecule has 1 aliphatic heterocycles. The molecule has 2 heterocycles. The lowest BCUT2D eigenvalue weighted by Crippen LogP contribution is -2.40. The van der Waals surface area contributed by atoms with Crippen LogP contribution < -0.4 is 4.72 Å². The number of pyridine rings is 1. The minimum Gasteiger partial charge on any atom is -0.259 e. The van der Waals surface area contributed by atoms with E-state index in [1.165, 1.54) is 4.31 Å². The molecule has 0 aromatic carbocycles. The second-order valence-corrected chi connectivity index (χ2v) is 6.36. The van der Waals surface area contributed by atoms with Gasteiger partial charge in [-0.15, -0.1) is 0 Å². The third-order valence-electron chi connectivity index (χ3n) is 3.19. The van der Waals surface area contributed by atoms with Gasteiger partial charge in [0.1, 0.15) is 0 Å². The Labute approximate surface area is 108 Å². The van der Waals surface area contributed by atoms with Crippen molar-refractivity contribution in [2.45, 2.75) is 32.7 Å². The van der Waals surface area contributed by atoms with Crippen LogP contribution in [0.15, 0.2) is 18.3 Å². The van der Waals surface area contributed by atoms with E-state index in [9.17, 15) is 8.42 Å². The van der Waals surface area contributed by atoms with Crippen LogP contribution in [-0.2, 0) is 10.2 Å². The van der Waals surface area contributed by atoms with Crippen molar-refractivity contribution in [3.05, 3.63) is 29.6 Å². The van der Waals surface area contributed by atoms with Gasteiger partial charge >= 0.3 is 0 Å². The molecule has 2 rings (SSSR count). The highest BCUT2D eigenvalue weighted by atomic mass is 32.2. The van der Waals surface area contributed by atoms with Crippen LogP contribution in [-0.4, -0.2) is 30.8 Å². The second-order valence-electron chi connectivity index (χ2n) is 4.66. The number of hydrogen-bond acceptors (Lipinski definition) is 3. The van der Waals surface area contributed by atoms with Crippen molar-refractivity contribution in [2.24, 2.45) is 0 Å². The highest BCUT2D eigenvalue weighted by Gasteiger charge is 2.27. The molecule has 0 unspecified atom stereocenters. The molecule has 5 nitrogen and oxygen atoms in total. The van der Waals surface area contributed by atoms with E-state index in [0.29, 0.717) is 13.1 Å². The first-order valence-corrected chi connectivity index (χ1v) is 7.63. The van der Waals surface area contributed by atoms with Crippen LogP contribution in [0, 0.1) is 6.92 Å². The van der Waals surface area contributed by atoms with Gasteiger partial charge in [0.2, 0.25) is 0 Å². The maximum Gasteiger partial charge on any atom is 0.280 e. The average molecular weight is 269 g/mol. The van der Waals surface area contributed by atoms with E-state index in [2.05, 4.69) is 9.71 Å². The minimum atomic E-state index is -3.38. The molecule has 100 valence electrons. The molecule has 1 atom stereocenters. The van der Waals surface area contributed by atoms with E-state index >= 15 is 0 Å². The third-order valence-corrected chi connectivity index (χ3v) is 4.89. The van der Waals surface area contributed by atoms with E-state index in [4.69, 9.17) is 0 Å². The van der Waals surface area contributed by atoms with Gasteiger partial charge in [0, 0.05) is 19.3 Å². The van der Waals surface area contributed by atoms with E-state index in [1.54, 1.807) is 6.20 Å². The smallest absolute Gasteiger partial charge is 0.259 e. The van der Waals surface area contributed by atoms with Crippen molar-refractivity contribution in [1.82, 2.24) is 14.0 Å². The normalized spacial score (nSPS) is 19.0. The summed E-state index contributed by atoms with van der Waals surface area (Å²) in [7, 11) is -3.38. The van der Waals surface area contributed by atoms with Crippen LogP contribution in [0.3, 0.4) is 0 Å². The van der Waals surface area contributed by atoms with Gasteiger partial charge in [0.05, 0.1) is 11.7 Å². The van der Waals surface area contributed by atoms with Gasteiger partial charge in [-0.3, -0.25) is 4.98 Å². The number of aryl methyl sites for hydroxylation is 1. The molecule has 0 bridgehead atoms. The zero-order valence-electron chi connectivity index (χ0n) is 10.8. The Morgan fingerprint density at radius 2 is 2.06 bits per heavy atom. The number of rotatable bonds is 4. The molecule has 1 aromatic rings. The van der Waals surface area contributed by atoms with Gasteiger partial charge in [0.15, 0.2) is 0 Å². The van der Waals surface area contributed by atoms with Gasteiger partial charge in [-0.05, 0) is 38.3 Å². The van der Waals surface area contributed by atoms with E-state index in [1.807, 2.05) is 26.0 Å². The third kappa shape index (κ3) is 2.88. The maximum absolute atomic E-state index is 12.1. The van der Waals surface area contributed by atoms with E-state index in [0.717, 1.165) is 24.1 Å². The molecule has 1 N–H and O–H groups in total. The van der Waals surface area contributed by atoms with Gasteiger partial charge < -0.3 is 0 Å². The number of nitrogens with zero attached hydrogens (tertiary/aromatic N) is 2. The molecule has 6 heteroatoms. The summed E-state index contributed by atoms with van der Waals surface area (Å²) in [6, 6.07) is 3.47. The van der Waals surface area contributed by atoms with Crippen LogP contribution in [0.5, 0.6) is 0 Å². The van der Waals surface area contributed by atoms with Crippen molar-refractivity contribution in [1.29, 1.82) is 0 Å². The van der Waals surface area contributed by atoms with Crippen molar-refractivity contribution >= 4 is 10.2 Å². The Balaban J connectivity index is 2.11. The first-order valence-electron chi connectivity index (χ1n) is 6.19.